The maximum Gasteiger partial charge on any atom is 0.232 e. The van der Waals surface area contributed by atoms with Crippen LogP contribution >= 0.6 is 0 Å². The van der Waals surface area contributed by atoms with E-state index in [9.17, 15) is 4.79 Å². The Kier molecular flexibility index (Phi) is 4.69. The number of allylic oxidation sites excluding steroid dienone is 2. The minimum absolute atomic E-state index is 0.168. The van der Waals surface area contributed by atoms with E-state index in [1.807, 2.05) is 24.4 Å². The molecule has 3 heteroatoms. The molecule has 0 amide bonds. The number of rotatable bonds is 3. The predicted octanol–water partition coefficient (Wildman–Crippen LogP) is 3.72. The normalized spacial score (nSPS) is 23.6. The summed E-state index contributed by atoms with van der Waals surface area (Å²) < 4.78 is 1.75. The zero-order valence-electron chi connectivity index (χ0n) is 12.6. The predicted molar refractivity (Wildman–Crippen MR) is 84.0 cm³/mol. The van der Waals surface area contributed by atoms with Gasteiger partial charge in [-0.15, -0.1) is 0 Å². The highest BCUT2D eigenvalue weighted by Gasteiger charge is 2.16. The van der Waals surface area contributed by atoms with Gasteiger partial charge in [0.2, 0.25) is 5.91 Å². The largest absolute Gasteiger partial charge is 0.274 e. The third-order valence-electron chi connectivity index (χ3n) is 4.55. The van der Waals surface area contributed by atoms with Crippen LogP contribution in [0, 0.1) is 5.92 Å². The Morgan fingerprint density at radius 3 is 2.81 bits per heavy atom. The number of pyridine rings is 1. The van der Waals surface area contributed by atoms with Gasteiger partial charge < -0.3 is 0 Å². The lowest BCUT2D eigenvalue weighted by Gasteiger charge is -2.18. The second-order valence-electron chi connectivity index (χ2n) is 6.21. The fourth-order valence-electron chi connectivity index (χ4n) is 3.34. The molecule has 1 unspecified atom stereocenters. The summed E-state index contributed by atoms with van der Waals surface area (Å²) in [7, 11) is 0. The molecule has 0 radical (unpaired) electrons. The van der Waals surface area contributed by atoms with Crippen molar-refractivity contribution >= 4 is 5.91 Å². The van der Waals surface area contributed by atoms with Gasteiger partial charge in [0.1, 0.15) is 5.49 Å². The van der Waals surface area contributed by atoms with Crippen LogP contribution in [-0.4, -0.2) is 16.5 Å². The van der Waals surface area contributed by atoms with Crippen LogP contribution in [0.25, 0.3) is 0 Å². The Balaban J connectivity index is 1.79. The van der Waals surface area contributed by atoms with Gasteiger partial charge in [-0.25, -0.2) is 0 Å². The summed E-state index contributed by atoms with van der Waals surface area (Å²) in [5, 5.41) is 0. The Morgan fingerprint density at radius 2 is 2.05 bits per heavy atom. The maximum atomic E-state index is 12.5. The van der Waals surface area contributed by atoms with Crippen LogP contribution in [0.5, 0.6) is 0 Å². The zero-order chi connectivity index (χ0) is 14.5. The molecule has 1 aromatic heterocycles. The van der Waals surface area contributed by atoms with Crippen LogP contribution in [0.3, 0.4) is 0 Å². The summed E-state index contributed by atoms with van der Waals surface area (Å²) in [5.41, 5.74) is 0.830. The molecule has 1 heterocycles. The Labute approximate surface area is 126 Å². The van der Waals surface area contributed by atoms with Crippen LogP contribution in [0.1, 0.15) is 56.2 Å². The minimum atomic E-state index is 0.168. The van der Waals surface area contributed by atoms with Gasteiger partial charge in [-0.3, -0.25) is 14.4 Å². The molecule has 21 heavy (non-hydrogen) atoms. The highest BCUT2D eigenvalue weighted by molar-refractivity contribution is 5.79. The summed E-state index contributed by atoms with van der Waals surface area (Å²) in [6.07, 6.45) is 15.2. The molecule has 112 valence electrons. The second kappa shape index (κ2) is 6.88. The third-order valence-corrected chi connectivity index (χ3v) is 4.55. The van der Waals surface area contributed by atoms with Crippen LogP contribution in [0.15, 0.2) is 41.5 Å². The number of carbonyl (C=O) groups excluding carboxylic acids is 1. The van der Waals surface area contributed by atoms with Gasteiger partial charge in [0.25, 0.3) is 0 Å². The van der Waals surface area contributed by atoms with Crippen LogP contribution in [-0.2, 0) is 0 Å². The fraction of sp³-hybridized carbons (Fsp3) is 0.556. The molecule has 3 nitrogen and oxygen atoms in total. The molecule has 1 aromatic rings. The van der Waals surface area contributed by atoms with Crippen LogP contribution < -0.4 is 5.49 Å². The van der Waals surface area contributed by atoms with Crippen molar-refractivity contribution in [3.05, 3.63) is 42.0 Å². The van der Waals surface area contributed by atoms with Gasteiger partial charge in [-0.05, 0) is 43.7 Å². The SMILES string of the molecule is O=C(CC1C=CCC1)n1ccccc1=NC1CCCCC1. The number of hydrogen-bond donors (Lipinski definition) is 0. The highest BCUT2D eigenvalue weighted by Crippen LogP contribution is 2.21. The summed E-state index contributed by atoms with van der Waals surface area (Å²) in [6.45, 7) is 0. The van der Waals surface area contributed by atoms with E-state index in [1.165, 1.54) is 19.3 Å². The molecule has 0 spiro atoms. The summed E-state index contributed by atoms with van der Waals surface area (Å²) in [6, 6.07) is 6.26. The quantitative estimate of drug-likeness (QED) is 0.779. The first-order chi connectivity index (χ1) is 10.3. The van der Waals surface area contributed by atoms with Crippen molar-refractivity contribution in [3.63, 3.8) is 0 Å². The fourth-order valence-corrected chi connectivity index (χ4v) is 3.34. The van der Waals surface area contributed by atoms with Gasteiger partial charge in [-0.1, -0.05) is 37.5 Å². The molecule has 1 saturated carbocycles. The molecule has 3 rings (SSSR count). The summed E-state index contributed by atoms with van der Waals surface area (Å²) in [4.78, 5) is 17.4. The monoisotopic (exact) mass is 284 g/mol. The van der Waals surface area contributed by atoms with Gasteiger partial charge in [0, 0.05) is 12.6 Å². The second-order valence-corrected chi connectivity index (χ2v) is 6.21. The maximum absolute atomic E-state index is 12.5. The number of nitrogens with zero attached hydrogens (tertiary/aromatic N) is 2. The van der Waals surface area contributed by atoms with E-state index in [-0.39, 0.29) is 5.91 Å². The lowest BCUT2D eigenvalue weighted by atomic mass is 9.96. The molecule has 0 aromatic carbocycles. The molecule has 1 fully saturated rings. The van der Waals surface area contributed by atoms with Crippen molar-refractivity contribution in [2.24, 2.45) is 10.9 Å². The molecule has 1 atom stereocenters. The van der Waals surface area contributed by atoms with Crippen LogP contribution in [0.2, 0.25) is 0 Å². The van der Waals surface area contributed by atoms with Crippen molar-refractivity contribution in [1.82, 2.24) is 4.57 Å². The van der Waals surface area contributed by atoms with E-state index in [0.717, 1.165) is 31.2 Å². The molecular formula is C18H24N2O. The Hall–Kier alpha value is -1.64. The molecule has 0 bridgehead atoms. The first kappa shape index (κ1) is 14.3. The average Bonchev–Trinajstić information content (AvgIpc) is 3.02. The first-order valence-corrected chi connectivity index (χ1v) is 8.24. The van der Waals surface area contributed by atoms with E-state index in [1.54, 1.807) is 4.57 Å². The number of carbonyl (C=O) groups is 1. The molecule has 2 aliphatic rings. The number of hydrogen-bond acceptors (Lipinski definition) is 2. The minimum Gasteiger partial charge on any atom is -0.274 e. The summed E-state index contributed by atoms with van der Waals surface area (Å²) >= 11 is 0. The number of aromatic nitrogens is 1. The zero-order valence-corrected chi connectivity index (χ0v) is 12.6. The topological polar surface area (TPSA) is 34.4 Å². The Bertz CT molecular complexity index is 579. The van der Waals surface area contributed by atoms with Gasteiger partial charge in [0.15, 0.2) is 0 Å². The smallest absolute Gasteiger partial charge is 0.232 e. The van der Waals surface area contributed by atoms with E-state index in [2.05, 4.69) is 12.2 Å². The average molecular weight is 284 g/mol. The van der Waals surface area contributed by atoms with Crippen molar-refractivity contribution < 1.29 is 4.79 Å². The molecule has 0 saturated heterocycles. The van der Waals surface area contributed by atoms with Gasteiger partial charge in [0.05, 0.1) is 6.04 Å². The standard InChI is InChI=1S/C18H24N2O/c21-18(14-15-8-4-5-9-15)20-13-7-6-12-17(20)19-16-10-2-1-3-11-16/h4,6-8,12-13,15-16H,1-3,5,9-11,14H2. The van der Waals surface area contributed by atoms with E-state index >= 15 is 0 Å². The molecular weight excluding hydrogens is 260 g/mol. The van der Waals surface area contributed by atoms with E-state index in [0.29, 0.717) is 18.4 Å². The van der Waals surface area contributed by atoms with Crippen LogP contribution in [0.4, 0.5) is 0 Å². The van der Waals surface area contributed by atoms with E-state index in [4.69, 9.17) is 4.99 Å². The van der Waals surface area contributed by atoms with E-state index < -0.39 is 0 Å². The molecule has 0 aliphatic heterocycles. The van der Waals surface area contributed by atoms with Gasteiger partial charge >= 0.3 is 0 Å². The first-order valence-electron chi connectivity index (χ1n) is 8.24. The highest BCUT2D eigenvalue weighted by atomic mass is 16.2. The summed E-state index contributed by atoms with van der Waals surface area (Å²) in [5.74, 6) is 0.578. The van der Waals surface area contributed by atoms with Crippen molar-refractivity contribution in [1.29, 1.82) is 0 Å². The molecule has 0 N–H and O–H groups in total. The van der Waals surface area contributed by atoms with Crippen molar-refractivity contribution in [2.75, 3.05) is 0 Å². The van der Waals surface area contributed by atoms with Gasteiger partial charge in [-0.2, -0.15) is 0 Å². The Morgan fingerprint density at radius 1 is 1.19 bits per heavy atom. The van der Waals surface area contributed by atoms with Crippen molar-refractivity contribution in [3.8, 4) is 0 Å². The lowest BCUT2D eigenvalue weighted by Crippen LogP contribution is -2.29. The lowest BCUT2D eigenvalue weighted by molar-refractivity contribution is 0.0882. The third kappa shape index (κ3) is 3.72. The van der Waals surface area contributed by atoms with Crippen molar-refractivity contribution in [2.45, 2.75) is 57.4 Å². The molecule has 2 aliphatic carbocycles.